The number of nitrogens with zero attached hydrogens (tertiary/aromatic N) is 3. The van der Waals surface area contributed by atoms with Gasteiger partial charge in [-0.1, -0.05) is 31.0 Å². The summed E-state index contributed by atoms with van der Waals surface area (Å²) in [5.41, 5.74) is 4.70. The summed E-state index contributed by atoms with van der Waals surface area (Å²) in [6.07, 6.45) is 7.44. The van der Waals surface area contributed by atoms with Gasteiger partial charge in [0.15, 0.2) is 5.69 Å². The number of aliphatic carboxylic acids is 1. The summed E-state index contributed by atoms with van der Waals surface area (Å²) in [6, 6.07) is 7.38. The monoisotopic (exact) mass is 393 g/mol. The Morgan fingerprint density at radius 2 is 1.90 bits per heavy atom. The number of fused-ring (bicyclic) bond motifs is 2. The van der Waals surface area contributed by atoms with Crippen molar-refractivity contribution in [2.24, 2.45) is 5.92 Å². The Bertz CT molecular complexity index is 980. The van der Waals surface area contributed by atoms with E-state index >= 15 is 0 Å². The second-order valence-electron chi connectivity index (χ2n) is 8.74. The van der Waals surface area contributed by atoms with E-state index in [9.17, 15) is 14.7 Å². The highest BCUT2D eigenvalue weighted by molar-refractivity contribution is 5.97. The van der Waals surface area contributed by atoms with Gasteiger partial charge < -0.3 is 10.0 Å². The van der Waals surface area contributed by atoms with Crippen LogP contribution in [0.3, 0.4) is 0 Å². The zero-order chi connectivity index (χ0) is 20.1. The van der Waals surface area contributed by atoms with E-state index in [0.717, 1.165) is 67.5 Å². The fraction of sp³-hybridized carbons (Fsp3) is 0.522. The molecule has 0 bridgehead atoms. The lowest BCUT2D eigenvalue weighted by Crippen LogP contribution is -2.46. The largest absolute Gasteiger partial charge is 0.480 e. The molecule has 29 heavy (non-hydrogen) atoms. The fourth-order valence-corrected chi connectivity index (χ4v) is 5.70. The number of hydrogen-bond donors (Lipinski definition) is 1. The molecule has 1 amide bonds. The Balaban J connectivity index is 1.57. The van der Waals surface area contributed by atoms with E-state index in [2.05, 4.69) is 0 Å². The van der Waals surface area contributed by atoms with Crippen molar-refractivity contribution in [2.45, 2.75) is 70.4 Å². The van der Waals surface area contributed by atoms with Crippen LogP contribution in [0.1, 0.15) is 65.8 Å². The lowest BCUT2D eigenvalue weighted by Gasteiger charge is -2.32. The Labute approximate surface area is 170 Å². The molecule has 1 saturated heterocycles. The number of carbonyl (C=O) groups is 2. The Hall–Kier alpha value is -2.63. The van der Waals surface area contributed by atoms with Crippen molar-refractivity contribution < 1.29 is 14.7 Å². The van der Waals surface area contributed by atoms with Gasteiger partial charge in [0, 0.05) is 17.3 Å². The van der Waals surface area contributed by atoms with Gasteiger partial charge >= 0.3 is 5.97 Å². The molecule has 1 aromatic carbocycles. The molecule has 2 heterocycles. The van der Waals surface area contributed by atoms with Crippen LogP contribution in [0.5, 0.6) is 0 Å². The molecular formula is C23H27N3O3. The summed E-state index contributed by atoms with van der Waals surface area (Å²) in [4.78, 5) is 27.3. The van der Waals surface area contributed by atoms with Crippen LogP contribution in [0, 0.1) is 12.8 Å². The number of likely N-dealkylation sites (tertiary alicyclic amines) is 1. The molecule has 152 valence electrons. The molecule has 2 fully saturated rings. The molecule has 1 aromatic heterocycles. The third-order valence-corrected chi connectivity index (χ3v) is 7.08. The van der Waals surface area contributed by atoms with Crippen LogP contribution in [0.25, 0.3) is 5.69 Å². The number of carboxylic acids is 1. The lowest BCUT2D eigenvalue weighted by atomic mass is 9.84. The third kappa shape index (κ3) is 2.88. The quantitative estimate of drug-likeness (QED) is 0.866. The van der Waals surface area contributed by atoms with Crippen molar-refractivity contribution in [3.8, 4) is 5.69 Å². The van der Waals surface area contributed by atoms with E-state index in [1.807, 2.05) is 35.9 Å². The Morgan fingerprint density at radius 3 is 2.69 bits per heavy atom. The Kier molecular flexibility index (Phi) is 4.45. The smallest absolute Gasteiger partial charge is 0.326 e. The molecule has 6 heteroatoms. The number of amides is 1. The summed E-state index contributed by atoms with van der Waals surface area (Å²) in [6.45, 7) is 2.05. The van der Waals surface area contributed by atoms with E-state index in [4.69, 9.17) is 5.10 Å². The summed E-state index contributed by atoms with van der Waals surface area (Å²) in [5, 5.41) is 14.6. The number of carbonyl (C=O) groups excluding carboxylic acids is 1. The standard InChI is InChI=1S/C23H27N3O3/c1-14-7-2-4-10-17(14)26-19-12-6-9-16(19)21(24-26)22(27)25-18-11-5-3-8-15(18)13-20(25)23(28)29/h2,4,7,10,15,18,20H,3,5-6,8-9,11-13H2,1H3,(H,28,29). The van der Waals surface area contributed by atoms with Crippen LogP contribution in [-0.2, 0) is 17.6 Å². The molecule has 0 radical (unpaired) electrons. The average Bonchev–Trinajstić information content (AvgIpc) is 3.41. The van der Waals surface area contributed by atoms with Crippen molar-refractivity contribution in [1.82, 2.24) is 14.7 Å². The first kappa shape index (κ1) is 18.4. The lowest BCUT2D eigenvalue weighted by molar-refractivity contribution is -0.141. The van der Waals surface area contributed by atoms with Crippen LogP contribution in [0.2, 0.25) is 0 Å². The predicted molar refractivity (Wildman–Crippen MR) is 108 cm³/mol. The molecule has 3 unspecified atom stereocenters. The number of benzene rings is 1. The minimum Gasteiger partial charge on any atom is -0.480 e. The minimum atomic E-state index is -0.886. The zero-order valence-electron chi connectivity index (χ0n) is 16.8. The maximum atomic E-state index is 13.7. The molecule has 0 spiro atoms. The van der Waals surface area contributed by atoms with E-state index in [1.165, 1.54) is 0 Å². The van der Waals surface area contributed by atoms with Gasteiger partial charge in [0.25, 0.3) is 5.91 Å². The highest BCUT2D eigenvalue weighted by atomic mass is 16.4. The first-order chi connectivity index (χ1) is 14.1. The van der Waals surface area contributed by atoms with Crippen molar-refractivity contribution in [3.05, 3.63) is 46.8 Å². The number of aromatic nitrogens is 2. The summed E-state index contributed by atoms with van der Waals surface area (Å²) >= 11 is 0. The van der Waals surface area contributed by atoms with E-state index in [0.29, 0.717) is 18.0 Å². The number of aryl methyl sites for hydroxylation is 1. The van der Waals surface area contributed by atoms with E-state index < -0.39 is 12.0 Å². The minimum absolute atomic E-state index is 0.0398. The van der Waals surface area contributed by atoms with Crippen LogP contribution < -0.4 is 0 Å². The highest BCUT2D eigenvalue weighted by Gasteiger charge is 2.48. The van der Waals surface area contributed by atoms with E-state index in [-0.39, 0.29) is 11.9 Å². The van der Waals surface area contributed by atoms with Crippen LogP contribution in [-0.4, -0.2) is 43.7 Å². The maximum absolute atomic E-state index is 13.7. The number of rotatable bonds is 3. The van der Waals surface area contributed by atoms with Crippen LogP contribution >= 0.6 is 0 Å². The van der Waals surface area contributed by atoms with Crippen molar-refractivity contribution in [2.75, 3.05) is 0 Å². The number of hydrogen-bond acceptors (Lipinski definition) is 3. The van der Waals surface area contributed by atoms with Gasteiger partial charge in [0.05, 0.1) is 5.69 Å². The van der Waals surface area contributed by atoms with Gasteiger partial charge in [0.1, 0.15) is 6.04 Å². The average molecular weight is 393 g/mol. The Morgan fingerprint density at radius 1 is 1.10 bits per heavy atom. The molecule has 5 rings (SSSR count). The molecule has 3 aliphatic rings. The second kappa shape index (κ2) is 7.01. The van der Waals surface area contributed by atoms with Gasteiger partial charge in [0.2, 0.25) is 0 Å². The highest BCUT2D eigenvalue weighted by Crippen LogP contribution is 2.41. The van der Waals surface area contributed by atoms with Crippen molar-refractivity contribution in [1.29, 1.82) is 0 Å². The zero-order valence-corrected chi connectivity index (χ0v) is 16.8. The molecule has 1 saturated carbocycles. The first-order valence-corrected chi connectivity index (χ1v) is 10.8. The SMILES string of the molecule is Cc1ccccc1-n1nc(C(=O)N2C(C(=O)O)CC3CCCCC32)c2c1CCC2. The molecule has 2 aliphatic carbocycles. The van der Waals surface area contributed by atoms with Gasteiger partial charge in [-0.25, -0.2) is 9.48 Å². The number of carboxylic acid groups (broad SMARTS) is 1. The predicted octanol–water partition coefficient (Wildman–Crippen LogP) is 3.53. The molecule has 1 aliphatic heterocycles. The maximum Gasteiger partial charge on any atom is 0.326 e. The molecule has 1 N–H and O–H groups in total. The van der Waals surface area contributed by atoms with Crippen molar-refractivity contribution >= 4 is 11.9 Å². The van der Waals surface area contributed by atoms with Crippen LogP contribution in [0.4, 0.5) is 0 Å². The van der Waals surface area contributed by atoms with E-state index in [1.54, 1.807) is 4.90 Å². The summed E-state index contributed by atoms with van der Waals surface area (Å²) in [7, 11) is 0. The second-order valence-corrected chi connectivity index (χ2v) is 8.74. The normalized spacial score (nSPS) is 25.7. The summed E-state index contributed by atoms with van der Waals surface area (Å²) < 4.78 is 1.93. The van der Waals surface area contributed by atoms with Gasteiger partial charge in [-0.05, 0) is 63.0 Å². The van der Waals surface area contributed by atoms with Gasteiger partial charge in [-0.2, -0.15) is 5.10 Å². The molecule has 3 atom stereocenters. The van der Waals surface area contributed by atoms with Crippen LogP contribution in [0.15, 0.2) is 24.3 Å². The topological polar surface area (TPSA) is 75.4 Å². The molecular weight excluding hydrogens is 366 g/mol. The fourth-order valence-electron chi connectivity index (χ4n) is 5.70. The van der Waals surface area contributed by atoms with Gasteiger partial charge in [-0.15, -0.1) is 0 Å². The van der Waals surface area contributed by atoms with Crippen molar-refractivity contribution in [3.63, 3.8) is 0 Å². The summed E-state index contributed by atoms with van der Waals surface area (Å²) in [5.74, 6) is -0.764. The molecule has 6 nitrogen and oxygen atoms in total. The van der Waals surface area contributed by atoms with Gasteiger partial charge in [-0.3, -0.25) is 4.79 Å². The number of para-hydroxylation sites is 1. The first-order valence-electron chi connectivity index (χ1n) is 10.8. The third-order valence-electron chi connectivity index (χ3n) is 7.08. The molecule has 2 aromatic rings.